The van der Waals surface area contributed by atoms with Crippen LogP contribution in [0, 0.1) is 11.6 Å². The van der Waals surface area contributed by atoms with Crippen LogP contribution in [0.5, 0.6) is 0 Å². The van der Waals surface area contributed by atoms with Crippen molar-refractivity contribution in [2.45, 2.75) is 11.4 Å². The first-order valence-electron chi connectivity index (χ1n) is 7.45. The van der Waals surface area contributed by atoms with Crippen LogP contribution < -0.4 is 0 Å². The summed E-state index contributed by atoms with van der Waals surface area (Å²) in [6.07, 6.45) is 0. The monoisotopic (exact) mass is 402 g/mol. The maximum atomic E-state index is 13.8. The quantitative estimate of drug-likeness (QED) is 0.772. The fourth-order valence-corrected chi connectivity index (χ4v) is 3.62. The van der Waals surface area contributed by atoms with Crippen molar-refractivity contribution in [1.29, 1.82) is 0 Å². The zero-order valence-corrected chi connectivity index (χ0v) is 15.9. The fourth-order valence-electron chi connectivity index (χ4n) is 2.23. The van der Waals surface area contributed by atoms with Crippen LogP contribution in [-0.4, -0.2) is 44.7 Å². The normalized spacial score (nSPS) is 11.7. The first kappa shape index (κ1) is 20.3. The van der Waals surface area contributed by atoms with Gasteiger partial charge in [0.15, 0.2) is 0 Å². The number of hydrogen-bond acceptors (Lipinski definition) is 3. The molecule has 0 radical (unpaired) electrons. The van der Waals surface area contributed by atoms with Crippen molar-refractivity contribution in [3.8, 4) is 0 Å². The van der Waals surface area contributed by atoms with E-state index >= 15 is 0 Å². The lowest BCUT2D eigenvalue weighted by atomic mass is 10.1. The van der Waals surface area contributed by atoms with E-state index in [1.807, 2.05) is 0 Å². The van der Waals surface area contributed by atoms with E-state index in [0.29, 0.717) is 0 Å². The van der Waals surface area contributed by atoms with Gasteiger partial charge in [-0.15, -0.1) is 0 Å². The molecule has 0 aliphatic rings. The van der Waals surface area contributed by atoms with Crippen molar-refractivity contribution in [3.05, 3.63) is 64.2 Å². The van der Waals surface area contributed by atoms with Crippen molar-refractivity contribution in [2.24, 2.45) is 0 Å². The first-order valence-corrected chi connectivity index (χ1v) is 9.27. The molecule has 9 heteroatoms. The van der Waals surface area contributed by atoms with Gasteiger partial charge >= 0.3 is 0 Å². The second-order valence-electron chi connectivity index (χ2n) is 5.83. The molecule has 0 saturated carbocycles. The number of nitrogens with zero attached hydrogens (tertiary/aromatic N) is 2. The molecular formula is C17H17ClF2N2O3S. The molecule has 26 heavy (non-hydrogen) atoms. The summed E-state index contributed by atoms with van der Waals surface area (Å²) in [7, 11) is 0.301. The molecule has 0 fully saturated rings. The van der Waals surface area contributed by atoms with Crippen LogP contribution in [0.2, 0.25) is 5.02 Å². The number of hydrogen-bond donors (Lipinski definition) is 0. The summed E-state index contributed by atoms with van der Waals surface area (Å²) in [6.45, 7) is -0.108. The standard InChI is InChI=1S/C17H17ClF2N2O3S/c1-21(2)26(24,25)16-8-11(5-7-14(16)18)17(23)22(3)10-12-4-6-13(19)9-15(12)20/h4-9H,10H2,1-3H3. The smallest absolute Gasteiger partial charge is 0.253 e. The van der Waals surface area contributed by atoms with Crippen molar-refractivity contribution in [3.63, 3.8) is 0 Å². The summed E-state index contributed by atoms with van der Waals surface area (Å²) in [5, 5.41) is -0.0116. The number of carbonyl (C=O) groups is 1. The van der Waals surface area contributed by atoms with Crippen molar-refractivity contribution in [1.82, 2.24) is 9.21 Å². The molecule has 5 nitrogen and oxygen atoms in total. The van der Waals surface area contributed by atoms with E-state index in [0.717, 1.165) is 16.4 Å². The molecule has 2 aromatic rings. The van der Waals surface area contributed by atoms with Gasteiger partial charge in [0.25, 0.3) is 5.91 Å². The molecule has 0 aliphatic heterocycles. The SMILES string of the molecule is CN(Cc1ccc(F)cc1F)C(=O)c1ccc(Cl)c(S(=O)(=O)N(C)C)c1. The number of halogens is 3. The van der Waals surface area contributed by atoms with Gasteiger partial charge in [0.1, 0.15) is 16.5 Å². The van der Waals surface area contributed by atoms with Crippen LogP contribution in [0.3, 0.4) is 0 Å². The average molecular weight is 403 g/mol. The Hall–Kier alpha value is -2.03. The molecule has 0 saturated heterocycles. The molecule has 0 aromatic heterocycles. The zero-order chi connectivity index (χ0) is 19.6. The van der Waals surface area contributed by atoms with E-state index in [-0.39, 0.29) is 27.6 Å². The van der Waals surface area contributed by atoms with Crippen LogP contribution >= 0.6 is 11.6 Å². The fraction of sp³-hybridized carbons (Fsp3) is 0.235. The van der Waals surface area contributed by atoms with E-state index in [1.165, 1.54) is 50.3 Å². The Morgan fingerprint density at radius 1 is 1.08 bits per heavy atom. The molecule has 0 heterocycles. The van der Waals surface area contributed by atoms with Crippen LogP contribution in [0.1, 0.15) is 15.9 Å². The molecule has 0 spiro atoms. The highest BCUT2D eigenvalue weighted by Crippen LogP contribution is 2.25. The van der Waals surface area contributed by atoms with Crippen LogP contribution in [-0.2, 0) is 16.6 Å². The molecule has 0 bridgehead atoms. The van der Waals surface area contributed by atoms with E-state index in [9.17, 15) is 22.0 Å². The van der Waals surface area contributed by atoms with E-state index in [1.54, 1.807) is 0 Å². The molecule has 0 unspecified atom stereocenters. The Bertz CT molecular complexity index is 949. The van der Waals surface area contributed by atoms with Gasteiger partial charge in [-0.3, -0.25) is 4.79 Å². The Labute approximate surface area is 155 Å². The van der Waals surface area contributed by atoms with Crippen molar-refractivity contribution < 1.29 is 22.0 Å². The largest absolute Gasteiger partial charge is 0.337 e. The molecular weight excluding hydrogens is 386 g/mol. The molecule has 0 atom stereocenters. The topological polar surface area (TPSA) is 57.7 Å². The molecule has 1 amide bonds. The van der Waals surface area contributed by atoms with Gasteiger partial charge in [0.2, 0.25) is 10.0 Å². The van der Waals surface area contributed by atoms with Crippen LogP contribution in [0.4, 0.5) is 8.78 Å². The summed E-state index contributed by atoms with van der Waals surface area (Å²) < 4.78 is 52.3. The second kappa shape index (κ2) is 7.69. The third-order valence-electron chi connectivity index (χ3n) is 3.71. The van der Waals surface area contributed by atoms with Gasteiger partial charge in [0.05, 0.1) is 5.02 Å². The van der Waals surface area contributed by atoms with Gasteiger partial charge in [-0.25, -0.2) is 21.5 Å². The van der Waals surface area contributed by atoms with E-state index < -0.39 is 27.6 Å². The lowest BCUT2D eigenvalue weighted by Crippen LogP contribution is -2.27. The third kappa shape index (κ3) is 4.20. The van der Waals surface area contributed by atoms with Crippen molar-refractivity contribution in [2.75, 3.05) is 21.1 Å². The number of benzene rings is 2. The lowest BCUT2D eigenvalue weighted by Gasteiger charge is -2.19. The van der Waals surface area contributed by atoms with Gasteiger partial charge in [0, 0.05) is 44.9 Å². The highest BCUT2D eigenvalue weighted by molar-refractivity contribution is 7.89. The van der Waals surface area contributed by atoms with E-state index in [2.05, 4.69) is 0 Å². The Morgan fingerprint density at radius 3 is 2.31 bits per heavy atom. The van der Waals surface area contributed by atoms with Crippen molar-refractivity contribution >= 4 is 27.5 Å². The molecule has 2 aromatic carbocycles. The minimum Gasteiger partial charge on any atom is -0.337 e. The zero-order valence-electron chi connectivity index (χ0n) is 14.3. The Balaban J connectivity index is 2.32. The minimum atomic E-state index is -3.83. The van der Waals surface area contributed by atoms with Crippen LogP contribution in [0.25, 0.3) is 0 Å². The van der Waals surface area contributed by atoms with Gasteiger partial charge in [-0.05, 0) is 24.3 Å². The molecule has 140 valence electrons. The molecule has 2 rings (SSSR count). The number of carbonyl (C=O) groups excluding carboxylic acids is 1. The summed E-state index contributed by atoms with van der Waals surface area (Å²) in [5.74, 6) is -2.01. The molecule has 0 aliphatic carbocycles. The predicted molar refractivity (Wildman–Crippen MR) is 94.5 cm³/mol. The van der Waals surface area contributed by atoms with Gasteiger partial charge < -0.3 is 4.90 Å². The minimum absolute atomic E-state index is 0.0116. The predicted octanol–water partition coefficient (Wildman–Crippen LogP) is 3.14. The number of amides is 1. The second-order valence-corrected chi connectivity index (χ2v) is 8.36. The third-order valence-corrected chi connectivity index (χ3v) is 6.00. The highest BCUT2D eigenvalue weighted by Gasteiger charge is 2.23. The lowest BCUT2D eigenvalue weighted by molar-refractivity contribution is 0.0783. The van der Waals surface area contributed by atoms with Crippen LogP contribution in [0.15, 0.2) is 41.3 Å². The summed E-state index contributed by atoms with van der Waals surface area (Å²) in [5.41, 5.74) is 0.220. The summed E-state index contributed by atoms with van der Waals surface area (Å²) >= 11 is 5.96. The highest BCUT2D eigenvalue weighted by atomic mass is 35.5. The van der Waals surface area contributed by atoms with E-state index in [4.69, 9.17) is 11.6 Å². The number of sulfonamides is 1. The first-order chi connectivity index (χ1) is 12.0. The maximum Gasteiger partial charge on any atom is 0.253 e. The summed E-state index contributed by atoms with van der Waals surface area (Å²) in [4.78, 5) is 13.6. The van der Waals surface area contributed by atoms with Gasteiger partial charge in [-0.2, -0.15) is 0 Å². The number of rotatable bonds is 5. The Morgan fingerprint density at radius 2 is 1.73 bits per heavy atom. The summed E-state index contributed by atoms with van der Waals surface area (Å²) in [6, 6.07) is 6.96. The average Bonchev–Trinajstić information content (AvgIpc) is 2.56. The molecule has 0 N–H and O–H groups in total. The Kier molecular flexibility index (Phi) is 6.00. The van der Waals surface area contributed by atoms with Gasteiger partial charge in [-0.1, -0.05) is 17.7 Å². The maximum absolute atomic E-state index is 13.8.